The van der Waals surface area contributed by atoms with E-state index in [1.807, 2.05) is 0 Å². The van der Waals surface area contributed by atoms with Crippen molar-refractivity contribution in [1.82, 2.24) is 0 Å². The fourth-order valence-electron chi connectivity index (χ4n) is 0.953. The van der Waals surface area contributed by atoms with Crippen molar-refractivity contribution in [3.05, 3.63) is 0 Å². The molecule has 22 heavy (non-hydrogen) atoms. The lowest BCUT2D eigenvalue weighted by Crippen LogP contribution is -2.30. The van der Waals surface area contributed by atoms with E-state index >= 15 is 0 Å². The van der Waals surface area contributed by atoms with E-state index in [-0.39, 0.29) is 5.75 Å². The quantitative estimate of drug-likeness (QED) is 0.688. The van der Waals surface area contributed by atoms with Crippen molar-refractivity contribution >= 4 is 19.7 Å². The number of alkyl halides is 6. The second-order valence-corrected chi connectivity index (χ2v) is 9.28. The molecular weight excluding hydrogens is 362 g/mol. The van der Waals surface area contributed by atoms with Gasteiger partial charge in [0.05, 0.1) is 11.0 Å². The molecule has 0 radical (unpaired) electrons. The smallest absolute Gasteiger partial charge is 0.228 e. The van der Waals surface area contributed by atoms with Crippen molar-refractivity contribution in [3.8, 4) is 0 Å². The summed E-state index contributed by atoms with van der Waals surface area (Å²) in [5.41, 5.74) is -5.11. The first-order chi connectivity index (χ1) is 9.46. The molecule has 0 amide bonds. The molecule has 4 nitrogen and oxygen atoms in total. The van der Waals surface area contributed by atoms with Crippen LogP contribution < -0.4 is 0 Å². The van der Waals surface area contributed by atoms with E-state index in [2.05, 4.69) is 0 Å². The molecule has 0 N–H and O–H groups in total. The van der Waals surface area contributed by atoms with E-state index < -0.39 is 42.4 Å². The predicted molar refractivity (Wildman–Crippen MR) is 69.7 cm³/mol. The lowest BCUT2D eigenvalue weighted by Gasteiger charge is -2.09. The molecule has 136 valence electrons. The Morgan fingerprint density at radius 1 is 0.909 bits per heavy atom. The van der Waals surface area contributed by atoms with Gasteiger partial charge in [0.1, 0.15) is 5.75 Å². The highest BCUT2D eigenvalue weighted by atomic mass is 32.2. The summed E-state index contributed by atoms with van der Waals surface area (Å²) in [4.78, 5) is 0. The van der Waals surface area contributed by atoms with Gasteiger partial charge in [-0.2, -0.15) is 26.3 Å². The molecule has 0 aromatic carbocycles. The first-order valence-corrected chi connectivity index (χ1v) is 9.40. The summed E-state index contributed by atoms with van der Waals surface area (Å²) >= 11 is 0. The zero-order valence-corrected chi connectivity index (χ0v) is 13.8. The van der Waals surface area contributed by atoms with Gasteiger partial charge in [-0.25, -0.2) is 16.8 Å². The molecule has 0 aliphatic heterocycles. The Kier molecular flexibility index (Phi) is 9.03. The molecular formula is C10H18F6O4S2. The molecule has 0 atom stereocenters. The number of hydrogen-bond donors (Lipinski definition) is 0. The summed E-state index contributed by atoms with van der Waals surface area (Å²) in [7, 11) is -8.84. The van der Waals surface area contributed by atoms with E-state index in [1.165, 1.54) is 0 Å². The summed E-state index contributed by atoms with van der Waals surface area (Å²) in [6.45, 7) is 3.70. The molecule has 12 heteroatoms. The average Bonchev–Trinajstić information content (AvgIpc) is 2.22. The summed E-state index contributed by atoms with van der Waals surface area (Å²) in [5, 5.41) is -1.40. The largest absolute Gasteiger partial charge is 0.497 e. The number of unbranched alkanes of at least 4 members (excludes halogenated alkanes) is 1. The molecule has 0 unspecified atom stereocenters. The van der Waals surface area contributed by atoms with Crippen LogP contribution in [0, 0.1) is 0 Å². The second-order valence-electron chi connectivity index (χ2n) is 4.60. The summed E-state index contributed by atoms with van der Waals surface area (Å²) in [6, 6.07) is 0. The lowest BCUT2D eigenvalue weighted by atomic mass is 10.4. The molecule has 0 aromatic rings. The van der Waals surface area contributed by atoms with Gasteiger partial charge in [0, 0.05) is 0 Å². The summed E-state index contributed by atoms with van der Waals surface area (Å²) < 4.78 is 111. The van der Waals surface area contributed by atoms with Crippen LogP contribution in [0.2, 0.25) is 0 Å². The van der Waals surface area contributed by atoms with E-state index in [0.29, 0.717) is 12.8 Å². The molecule has 0 aliphatic carbocycles. The van der Waals surface area contributed by atoms with Crippen LogP contribution >= 0.6 is 0 Å². The van der Waals surface area contributed by atoms with Crippen molar-refractivity contribution in [1.29, 1.82) is 0 Å². The summed E-state index contributed by atoms with van der Waals surface area (Å²) in [5.74, 6) is -2.07. The van der Waals surface area contributed by atoms with Gasteiger partial charge >= 0.3 is 11.7 Å². The molecule has 0 heterocycles. The third-order valence-electron chi connectivity index (χ3n) is 2.14. The molecule has 0 aromatic heterocycles. The van der Waals surface area contributed by atoms with Crippen molar-refractivity contribution in [3.63, 3.8) is 0 Å². The van der Waals surface area contributed by atoms with Crippen LogP contribution in [0.15, 0.2) is 0 Å². The molecule has 0 saturated carbocycles. The van der Waals surface area contributed by atoms with Crippen LogP contribution in [0.4, 0.5) is 26.3 Å². The van der Waals surface area contributed by atoms with Gasteiger partial charge in [0.15, 0.2) is 9.84 Å². The molecule has 0 aliphatic rings. The third-order valence-corrected chi connectivity index (χ3v) is 5.70. The van der Waals surface area contributed by atoms with Crippen LogP contribution in [0.3, 0.4) is 0 Å². The van der Waals surface area contributed by atoms with Crippen LogP contribution in [0.1, 0.15) is 33.6 Å². The Bertz CT molecular complexity index is 517. The Balaban J connectivity index is 0. The fourth-order valence-corrected chi connectivity index (χ4v) is 2.86. The third kappa shape index (κ3) is 10.2. The number of rotatable bonds is 5. The second kappa shape index (κ2) is 8.37. The Morgan fingerprint density at radius 3 is 1.50 bits per heavy atom. The van der Waals surface area contributed by atoms with Gasteiger partial charge in [-0.05, 0) is 20.3 Å². The monoisotopic (exact) mass is 380 g/mol. The topological polar surface area (TPSA) is 68.3 Å². The highest BCUT2D eigenvalue weighted by molar-refractivity contribution is 7.92. The van der Waals surface area contributed by atoms with E-state index in [9.17, 15) is 43.2 Å². The van der Waals surface area contributed by atoms with Gasteiger partial charge in [-0.3, -0.25) is 0 Å². The van der Waals surface area contributed by atoms with Crippen molar-refractivity contribution in [2.75, 3.05) is 11.5 Å². The number of hydrogen-bond acceptors (Lipinski definition) is 4. The Morgan fingerprint density at radius 2 is 1.32 bits per heavy atom. The fraction of sp³-hybridized carbons (Fsp3) is 1.00. The first kappa shape index (κ1) is 23.7. The van der Waals surface area contributed by atoms with Crippen LogP contribution in [0.25, 0.3) is 0 Å². The molecule has 0 spiro atoms. The Hall–Kier alpha value is -0.520. The molecule has 0 saturated heterocycles. The predicted octanol–water partition coefficient (Wildman–Crippen LogP) is 3.09. The average molecular weight is 380 g/mol. The van der Waals surface area contributed by atoms with E-state index in [4.69, 9.17) is 0 Å². The highest BCUT2D eigenvalue weighted by Gasteiger charge is 2.47. The molecule has 0 rings (SSSR count). The zero-order chi connectivity index (χ0) is 18.4. The summed E-state index contributed by atoms with van der Waals surface area (Å²) in [6.07, 6.45) is -3.73. The van der Waals surface area contributed by atoms with Crippen molar-refractivity contribution in [2.24, 2.45) is 0 Å². The van der Waals surface area contributed by atoms with Gasteiger partial charge in [0.2, 0.25) is 9.84 Å². The van der Waals surface area contributed by atoms with E-state index in [0.717, 1.165) is 13.8 Å². The normalized spacial score (nSPS) is 13.7. The van der Waals surface area contributed by atoms with Gasteiger partial charge in [0.25, 0.3) is 0 Å². The van der Waals surface area contributed by atoms with Crippen molar-refractivity contribution < 1.29 is 43.2 Å². The maximum atomic E-state index is 11.6. The minimum atomic E-state index is -5.11. The van der Waals surface area contributed by atoms with Gasteiger partial charge < -0.3 is 0 Å². The highest BCUT2D eigenvalue weighted by Crippen LogP contribution is 2.26. The SMILES string of the molecule is CC(C)S(=O)(=O)C(F)(F)F.CCCCS(=O)(=O)CC(F)(F)F. The number of sulfone groups is 2. The zero-order valence-electron chi connectivity index (χ0n) is 12.1. The van der Waals surface area contributed by atoms with Gasteiger partial charge in [-0.15, -0.1) is 0 Å². The molecule has 0 bridgehead atoms. The van der Waals surface area contributed by atoms with Crippen LogP contribution in [-0.4, -0.2) is 45.3 Å². The van der Waals surface area contributed by atoms with Crippen molar-refractivity contribution in [2.45, 2.75) is 50.5 Å². The van der Waals surface area contributed by atoms with Crippen LogP contribution in [-0.2, 0) is 19.7 Å². The minimum Gasteiger partial charge on any atom is -0.228 e. The van der Waals surface area contributed by atoms with Crippen LogP contribution in [0.5, 0.6) is 0 Å². The maximum absolute atomic E-state index is 11.6. The first-order valence-electron chi connectivity index (χ1n) is 6.03. The minimum absolute atomic E-state index is 0.290. The Labute approximate surface area is 125 Å². The standard InChI is InChI=1S/C6H11F3O2S.C4H7F3O2S/c1-2-3-4-12(10,11)5-6(7,8)9;1-3(2)10(8,9)4(5,6)7/h2-5H2,1H3;3H,1-2H3. The molecule has 0 fully saturated rings. The van der Waals surface area contributed by atoms with Gasteiger partial charge in [-0.1, -0.05) is 13.3 Å². The number of halogens is 6. The lowest BCUT2D eigenvalue weighted by molar-refractivity contribution is -0.106. The van der Waals surface area contributed by atoms with E-state index in [1.54, 1.807) is 6.92 Å². The maximum Gasteiger partial charge on any atom is 0.497 e.